The van der Waals surface area contributed by atoms with Crippen LogP contribution in [-0.4, -0.2) is 25.3 Å². The Labute approximate surface area is 112 Å². The van der Waals surface area contributed by atoms with Crippen molar-refractivity contribution in [1.82, 2.24) is 0 Å². The first kappa shape index (κ1) is 15.0. The van der Waals surface area contributed by atoms with Crippen molar-refractivity contribution in [2.75, 3.05) is 18.5 Å². The van der Waals surface area contributed by atoms with Gasteiger partial charge in [-0.2, -0.15) is 0 Å². The van der Waals surface area contributed by atoms with E-state index in [0.717, 1.165) is 12.8 Å². The molecule has 0 bridgehead atoms. The van der Waals surface area contributed by atoms with Gasteiger partial charge in [-0.15, -0.1) is 0 Å². The van der Waals surface area contributed by atoms with Crippen LogP contribution in [0.15, 0.2) is 24.3 Å². The van der Waals surface area contributed by atoms with E-state index in [4.69, 9.17) is 9.47 Å². The van der Waals surface area contributed by atoms with Crippen LogP contribution in [-0.2, 0) is 9.47 Å². The van der Waals surface area contributed by atoms with Crippen LogP contribution in [0.4, 0.5) is 10.5 Å². The summed E-state index contributed by atoms with van der Waals surface area (Å²) in [4.78, 5) is 23.3. The topological polar surface area (TPSA) is 64.6 Å². The Bertz CT molecular complexity index is 431. The molecular weight excluding hydrogens is 246 g/mol. The van der Waals surface area contributed by atoms with E-state index in [1.54, 1.807) is 24.3 Å². The molecule has 19 heavy (non-hydrogen) atoms. The monoisotopic (exact) mass is 265 g/mol. The van der Waals surface area contributed by atoms with Crippen molar-refractivity contribution in [2.24, 2.45) is 0 Å². The number of rotatable bonds is 6. The number of hydrogen-bond donors (Lipinski definition) is 1. The summed E-state index contributed by atoms with van der Waals surface area (Å²) in [5.41, 5.74) is 0.717. The third kappa shape index (κ3) is 4.99. The highest BCUT2D eigenvalue weighted by Gasteiger charge is 2.14. The maximum atomic E-state index is 11.8. The van der Waals surface area contributed by atoms with Gasteiger partial charge >= 0.3 is 12.1 Å². The van der Waals surface area contributed by atoms with Crippen molar-refractivity contribution in [1.29, 1.82) is 0 Å². The lowest BCUT2D eigenvalue weighted by atomic mass is 10.2. The second kappa shape index (κ2) is 8.13. The first-order valence-electron chi connectivity index (χ1n) is 6.39. The molecule has 1 aromatic carbocycles. The number of hydrogen-bond acceptors (Lipinski definition) is 4. The van der Waals surface area contributed by atoms with Gasteiger partial charge in [-0.05, 0) is 25.0 Å². The van der Waals surface area contributed by atoms with Gasteiger partial charge in [-0.3, -0.25) is 5.32 Å². The van der Waals surface area contributed by atoms with Crippen molar-refractivity contribution < 1.29 is 19.1 Å². The number of nitrogens with one attached hydrogen (secondary N) is 1. The molecule has 0 saturated heterocycles. The lowest BCUT2D eigenvalue weighted by Crippen LogP contribution is -2.17. The van der Waals surface area contributed by atoms with Crippen molar-refractivity contribution in [3.8, 4) is 0 Å². The Kier molecular flexibility index (Phi) is 6.43. The molecule has 0 unspecified atom stereocenters. The van der Waals surface area contributed by atoms with Gasteiger partial charge in [-0.25, -0.2) is 9.59 Å². The van der Waals surface area contributed by atoms with Crippen LogP contribution in [0.25, 0.3) is 0 Å². The number of para-hydroxylation sites is 1. The van der Waals surface area contributed by atoms with Gasteiger partial charge in [0.15, 0.2) is 0 Å². The first-order valence-corrected chi connectivity index (χ1v) is 6.39. The van der Waals surface area contributed by atoms with E-state index in [1.165, 1.54) is 0 Å². The van der Waals surface area contributed by atoms with Crippen molar-refractivity contribution in [3.05, 3.63) is 29.8 Å². The third-order valence-electron chi connectivity index (χ3n) is 2.26. The van der Waals surface area contributed by atoms with E-state index in [0.29, 0.717) is 24.5 Å². The molecule has 5 nitrogen and oxygen atoms in total. The van der Waals surface area contributed by atoms with Crippen LogP contribution < -0.4 is 5.32 Å². The minimum Gasteiger partial charge on any atom is -0.462 e. The molecule has 0 spiro atoms. The van der Waals surface area contributed by atoms with Gasteiger partial charge in [-0.1, -0.05) is 26.0 Å². The molecule has 1 N–H and O–H groups in total. The van der Waals surface area contributed by atoms with E-state index < -0.39 is 12.1 Å². The van der Waals surface area contributed by atoms with Crippen LogP contribution in [0.5, 0.6) is 0 Å². The molecule has 0 aliphatic rings. The fraction of sp³-hybridized carbons (Fsp3) is 0.429. The maximum absolute atomic E-state index is 11.8. The Morgan fingerprint density at radius 2 is 1.68 bits per heavy atom. The zero-order chi connectivity index (χ0) is 14.1. The first-order chi connectivity index (χ1) is 9.19. The van der Waals surface area contributed by atoms with Crippen molar-refractivity contribution >= 4 is 17.7 Å². The molecule has 0 aromatic heterocycles. The smallest absolute Gasteiger partial charge is 0.411 e. The normalized spacial score (nSPS) is 9.79. The number of benzene rings is 1. The highest BCUT2D eigenvalue weighted by molar-refractivity contribution is 5.99. The van der Waals surface area contributed by atoms with Crippen LogP contribution in [0.3, 0.4) is 0 Å². The maximum Gasteiger partial charge on any atom is 0.411 e. The van der Waals surface area contributed by atoms with Crippen LogP contribution in [0, 0.1) is 0 Å². The summed E-state index contributed by atoms with van der Waals surface area (Å²) in [6, 6.07) is 6.68. The number of esters is 1. The van der Waals surface area contributed by atoms with E-state index in [1.807, 2.05) is 13.8 Å². The zero-order valence-electron chi connectivity index (χ0n) is 11.3. The van der Waals surface area contributed by atoms with Crippen molar-refractivity contribution in [2.45, 2.75) is 26.7 Å². The van der Waals surface area contributed by atoms with E-state index in [-0.39, 0.29) is 0 Å². The predicted octanol–water partition coefficient (Wildman–Crippen LogP) is 3.21. The van der Waals surface area contributed by atoms with Crippen LogP contribution in [0.1, 0.15) is 37.0 Å². The largest absolute Gasteiger partial charge is 0.462 e. The van der Waals surface area contributed by atoms with Gasteiger partial charge in [0.2, 0.25) is 0 Å². The highest BCUT2D eigenvalue weighted by atomic mass is 16.5. The number of carbonyl (C=O) groups is 2. The molecular formula is C14H19NO4. The fourth-order valence-electron chi connectivity index (χ4n) is 1.38. The van der Waals surface area contributed by atoms with E-state index in [9.17, 15) is 9.59 Å². The summed E-state index contributed by atoms with van der Waals surface area (Å²) in [5, 5.41) is 2.54. The van der Waals surface area contributed by atoms with Gasteiger partial charge in [0.1, 0.15) is 0 Å². The average molecular weight is 265 g/mol. The quantitative estimate of drug-likeness (QED) is 0.802. The second-order valence-electron chi connectivity index (χ2n) is 3.94. The Morgan fingerprint density at radius 1 is 1.05 bits per heavy atom. The molecule has 1 amide bonds. The Hall–Kier alpha value is -2.04. The number of ether oxygens (including phenoxy) is 2. The molecule has 0 radical (unpaired) electrons. The van der Waals surface area contributed by atoms with Gasteiger partial charge < -0.3 is 9.47 Å². The molecule has 0 fully saturated rings. The van der Waals surface area contributed by atoms with E-state index >= 15 is 0 Å². The number of anilines is 1. The Morgan fingerprint density at radius 3 is 2.37 bits per heavy atom. The molecule has 104 valence electrons. The van der Waals surface area contributed by atoms with Crippen LogP contribution in [0.2, 0.25) is 0 Å². The zero-order valence-corrected chi connectivity index (χ0v) is 11.3. The predicted molar refractivity (Wildman–Crippen MR) is 72.3 cm³/mol. The number of carbonyl (C=O) groups excluding carboxylic acids is 2. The SMILES string of the molecule is CCCOC(=O)Nc1ccccc1C(=O)OCCC. The Balaban J connectivity index is 2.72. The summed E-state index contributed by atoms with van der Waals surface area (Å²) >= 11 is 0. The molecule has 0 heterocycles. The molecule has 0 atom stereocenters. The molecule has 1 rings (SSSR count). The third-order valence-corrected chi connectivity index (χ3v) is 2.26. The number of amides is 1. The minimum atomic E-state index is -0.572. The lowest BCUT2D eigenvalue weighted by Gasteiger charge is -2.10. The summed E-state index contributed by atoms with van der Waals surface area (Å²) in [6.07, 6.45) is 0.922. The van der Waals surface area contributed by atoms with Gasteiger partial charge in [0.05, 0.1) is 24.5 Å². The standard InChI is InChI=1S/C14H19NO4/c1-3-9-18-13(16)11-7-5-6-8-12(11)15-14(17)19-10-4-2/h5-8H,3-4,9-10H2,1-2H3,(H,15,17). The van der Waals surface area contributed by atoms with Gasteiger partial charge in [0, 0.05) is 0 Å². The molecule has 1 aromatic rings. The summed E-state index contributed by atoms with van der Waals surface area (Å²) in [6.45, 7) is 4.52. The molecule has 5 heteroatoms. The summed E-state index contributed by atoms with van der Waals surface area (Å²) in [7, 11) is 0. The average Bonchev–Trinajstić information content (AvgIpc) is 2.43. The second-order valence-corrected chi connectivity index (χ2v) is 3.94. The summed E-state index contributed by atoms with van der Waals surface area (Å²) < 4.78 is 9.96. The van der Waals surface area contributed by atoms with Crippen molar-refractivity contribution in [3.63, 3.8) is 0 Å². The molecule has 0 aliphatic carbocycles. The molecule has 0 saturated carbocycles. The molecule has 0 aliphatic heterocycles. The summed E-state index contributed by atoms with van der Waals surface area (Å²) in [5.74, 6) is -0.451. The minimum absolute atomic E-state index is 0.324. The van der Waals surface area contributed by atoms with Crippen LogP contribution >= 0.6 is 0 Å². The highest BCUT2D eigenvalue weighted by Crippen LogP contribution is 2.16. The van der Waals surface area contributed by atoms with E-state index in [2.05, 4.69) is 5.32 Å². The lowest BCUT2D eigenvalue weighted by molar-refractivity contribution is 0.0506. The van der Waals surface area contributed by atoms with Gasteiger partial charge in [0.25, 0.3) is 0 Å². The fourth-order valence-corrected chi connectivity index (χ4v) is 1.38.